The van der Waals surface area contributed by atoms with Crippen LogP contribution in [0.15, 0.2) is 12.4 Å². The highest BCUT2D eigenvalue weighted by Gasteiger charge is 2.26. The van der Waals surface area contributed by atoms with Crippen molar-refractivity contribution in [3.8, 4) is 0 Å². The molecule has 1 aromatic heterocycles. The number of rotatable bonds is 6. The van der Waals surface area contributed by atoms with E-state index in [0.29, 0.717) is 18.2 Å². The molecule has 2 heterocycles. The molecule has 0 saturated carbocycles. The summed E-state index contributed by atoms with van der Waals surface area (Å²) >= 11 is 0. The van der Waals surface area contributed by atoms with Crippen LogP contribution in [0.25, 0.3) is 0 Å². The number of aromatic nitrogens is 2. The molecule has 0 radical (unpaired) electrons. The van der Waals surface area contributed by atoms with E-state index in [2.05, 4.69) is 27.6 Å². The van der Waals surface area contributed by atoms with Crippen LogP contribution in [-0.4, -0.2) is 58.0 Å². The highest BCUT2D eigenvalue weighted by atomic mass is 16.3. The minimum absolute atomic E-state index is 0.146. The molecule has 7 heteroatoms. The number of carbonyl (C=O) groups excluding carboxylic acids is 1. The average molecular weight is 309 g/mol. The first-order valence-corrected chi connectivity index (χ1v) is 7.89. The number of aliphatic hydroxyl groups is 1. The molecule has 0 bridgehead atoms. The molecule has 1 saturated heterocycles. The zero-order valence-electron chi connectivity index (χ0n) is 13.7. The van der Waals surface area contributed by atoms with Gasteiger partial charge < -0.3 is 15.7 Å². The standard InChI is InChI=1S/C15H27N5O2/c1-4-20-7-5-6-13(20)9-16-14(21)17-11-15(2,22)12-8-18-19(3)10-12/h8,10,13,22H,4-7,9,11H2,1-3H3,(H2,16,17,21). The molecular formula is C15H27N5O2. The van der Waals surface area contributed by atoms with E-state index in [1.165, 1.54) is 6.42 Å². The van der Waals surface area contributed by atoms with Gasteiger partial charge in [0, 0.05) is 31.4 Å². The molecule has 1 aliphatic rings. The number of nitrogens with one attached hydrogen (secondary N) is 2. The Balaban J connectivity index is 1.75. The first-order valence-electron chi connectivity index (χ1n) is 7.89. The maximum atomic E-state index is 11.9. The molecule has 2 unspecified atom stereocenters. The van der Waals surface area contributed by atoms with Gasteiger partial charge in [0.15, 0.2) is 0 Å². The molecule has 2 rings (SSSR count). The molecule has 124 valence electrons. The van der Waals surface area contributed by atoms with Gasteiger partial charge in [-0.3, -0.25) is 9.58 Å². The number of urea groups is 1. The lowest BCUT2D eigenvalue weighted by atomic mass is 10.00. The minimum atomic E-state index is -1.13. The van der Waals surface area contributed by atoms with E-state index in [0.717, 1.165) is 19.5 Å². The highest BCUT2D eigenvalue weighted by molar-refractivity contribution is 5.73. The molecule has 1 fully saturated rings. The molecule has 3 N–H and O–H groups in total. The number of hydrogen-bond acceptors (Lipinski definition) is 4. The summed E-state index contributed by atoms with van der Waals surface area (Å²) in [6.45, 7) is 6.73. The van der Waals surface area contributed by atoms with E-state index in [4.69, 9.17) is 0 Å². The molecule has 0 aromatic carbocycles. The van der Waals surface area contributed by atoms with Crippen molar-refractivity contribution in [1.29, 1.82) is 0 Å². The van der Waals surface area contributed by atoms with E-state index in [-0.39, 0.29) is 12.6 Å². The Kier molecular flexibility index (Phi) is 5.42. The lowest BCUT2D eigenvalue weighted by Gasteiger charge is -2.24. The van der Waals surface area contributed by atoms with Gasteiger partial charge in [0.05, 0.1) is 12.7 Å². The van der Waals surface area contributed by atoms with Gasteiger partial charge in [-0.25, -0.2) is 4.79 Å². The molecular weight excluding hydrogens is 282 g/mol. The van der Waals surface area contributed by atoms with Crippen LogP contribution in [0.5, 0.6) is 0 Å². The molecule has 2 amide bonds. The summed E-state index contributed by atoms with van der Waals surface area (Å²) in [5.74, 6) is 0. The summed E-state index contributed by atoms with van der Waals surface area (Å²) in [4.78, 5) is 14.3. The Labute approximate surface area is 131 Å². The highest BCUT2D eigenvalue weighted by Crippen LogP contribution is 2.18. The van der Waals surface area contributed by atoms with Crippen LogP contribution in [0.3, 0.4) is 0 Å². The van der Waals surface area contributed by atoms with Crippen LogP contribution < -0.4 is 10.6 Å². The molecule has 0 spiro atoms. The molecule has 0 aliphatic carbocycles. The third-order valence-corrected chi connectivity index (χ3v) is 4.32. The van der Waals surface area contributed by atoms with Gasteiger partial charge in [-0.1, -0.05) is 6.92 Å². The van der Waals surface area contributed by atoms with E-state index in [1.54, 1.807) is 31.0 Å². The maximum Gasteiger partial charge on any atom is 0.314 e. The quantitative estimate of drug-likeness (QED) is 0.711. The SMILES string of the molecule is CCN1CCCC1CNC(=O)NCC(C)(O)c1cnn(C)c1. The molecule has 22 heavy (non-hydrogen) atoms. The molecule has 1 aliphatic heterocycles. The molecule has 7 nitrogen and oxygen atoms in total. The van der Waals surface area contributed by atoms with Crippen LogP contribution >= 0.6 is 0 Å². The van der Waals surface area contributed by atoms with Crippen molar-refractivity contribution in [2.75, 3.05) is 26.2 Å². The third-order valence-electron chi connectivity index (χ3n) is 4.32. The predicted molar refractivity (Wildman–Crippen MR) is 84.4 cm³/mol. The van der Waals surface area contributed by atoms with Crippen molar-refractivity contribution in [3.63, 3.8) is 0 Å². The van der Waals surface area contributed by atoms with Gasteiger partial charge in [-0.2, -0.15) is 5.10 Å². The lowest BCUT2D eigenvalue weighted by Crippen LogP contribution is -2.47. The Morgan fingerprint density at radius 2 is 2.32 bits per heavy atom. The zero-order valence-corrected chi connectivity index (χ0v) is 13.7. The van der Waals surface area contributed by atoms with Crippen LogP contribution in [0.4, 0.5) is 4.79 Å². The fourth-order valence-corrected chi connectivity index (χ4v) is 2.87. The predicted octanol–water partition coefficient (Wildman–Crippen LogP) is 0.411. The van der Waals surface area contributed by atoms with E-state index in [1.807, 2.05) is 0 Å². The Morgan fingerprint density at radius 1 is 1.55 bits per heavy atom. The van der Waals surface area contributed by atoms with Crippen molar-refractivity contribution in [1.82, 2.24) is 25.3 Å². The molecule has 1 aromatic rings. The van der Waals surface area contributed by atoms with E-state index in [9.17, 15) is 9.90 Å². The van der Waals surface area contributed by atoms with Crippen molar-refractivity contribution in [2.24, 2.45) is 7.05 Å². The van der Waals surface area contributed by atoms with Crippen molar-refractivity contribution in [3.05, 3.63) is 18.0 Å². The van der Waals surface area contributed by atoms with Crippen LogP contribution in [-0.2, 0) is 12.6 Å². The minimum Gasteiger partial charge on any atom is -0.383 e. The number of amides is 2. The smallest absolute Gasteiger partial charge is 0.314 e. The first kappa shape index (κ1) is 16.8. The topological polar surface area (TPSA) is 82.4 Å². The van der Waals surface area contributed by atoms with Gasteiger partial charge in [0.2, 0.25) is 0 Å². The van der Waals surface area contributed by atoms with Crippen molar-refractivity contribution >= 4 is 6.03 Å². The second-order valence-corrected chi connectivity index (χ2v) is 6.16. The summed E-state index contributed by atoms with van der Waals surface area (Å²) in [7, 11) is 1.79. The third kappa shape index (κ3) is 4.20. The second kappa shape index (κ2) is 7.11. The zero-order chi connectivity index (χ0) is 16.2. The van der Waals surface area contributed by atoms with E-state index < -0.39 is 5.60 Å². The number of carbonyl (C=O) groups is 1. The summed E-state index contributed by atoms with van der Waals surface area (Å²) in [6.07, 6.45) is 5.67. The average Bonchev–Trinajstić information content (AvgIpc) is 3.11. The second-order valence-electron chi connectivity index (χ2n) is 6.16. The molecule has 2 atom stereocenters. The van der Waals surface area contributed by atoms with Gasteiger partial charge in [0.25, 0.3) is 0 Å². The number of nitrogens with zero attached hydrogens (tertiary/aromatic N) is 3. The van der Waals surface area contributed by atoms with Crippen molar-refractivity contribution in [2.45, 2.75) is 38.3 Å². The van der Waals surface area contributed by atoms with Gasteiger partial charge >= 0.3 is 6.03 Å². The van der Waals surface area contributed by atoms with Crippen LogP contribution in [0.2, 0.25) is 0 Å². The number of aryl methyl sites for hydroxylation is 1. The number of likely N-dealkylation sites (tertiary alicyclic amines) is 1. The monoisotopic (exact) mass is 309 g/mol. The number of hydrogen-bond donors (Lipinski definition) is 3. The summed E-state index contributed by atoms with van der Waals surface area (Å²) in [5, 5.41) is 20.1. The van der Waals surface area contributed by atoms with Gasteiger partial charge in [-0.05, 0) is 32.9 Å². The summed E-state index contributed by atoms with van der Waals surface area (Å²) < 4.78 is 1.63. The van der Waals surface area contributed by atoms with Crippen LogP contribution in [0, 0.1) is 0 Å². The Morgan fingerprint density at radius 3 is 2.95 bits per heavy atom. The van der Waals surface area contributed by atoms with E-state index >= 15 is 0 Å². The van der Waals surface area contributed by atoms with Gasteiger partial charge in [0.1, 0.15) is 5.60 Å². The van der Waals surface area contributed by atoms with Crippen LogP contribution in [0.1, 0.15) is 32.3 Å². The van der Waals surface area contributed by atoms with Gasteiger partial charge in [-0.15, -0.1) is 0 Å². The Bertz CT molecular complexity index is 500. The largest absolute Gasteiger partial charge is 0.383 e. The lowest BCUT2D eigenvalue weighted by molar-refractivity contribution is 0.0592. The van der Waals surface area contributed by atoms with Crippen molar-refractivity contribution < 1.29 is 9.90 Å². The summed E-state index contributed by atoms with van der Waals surface area (Å²) in [6, 6.07) is 0.182. The fourth-order valence-electron chi connectivity index (χ4n) is 2.87. The first-order chi connectivity index (χ1) is 10.4. The maximum absolute atomic E-state index is 11.9. The number of likely N-dealkylation sites (N-methyl/N-ethyl adjacent to an activating group) is 1. The fraction of sp³-hybridized carbons (Fsp3) is 0.733. The summed E-state index contributed by atoms with van der Waals surface area (Å²) in [5.41, 5.74) is -0.447. The Hall–Kier alpha value is -1.60. The normalized spacial score (nSPS) is 21.5.